The van der Waals surface area contributed by atoms with Gasteiger partial charge in [-0.05, 0) is 36.2 Å². The van der Waals surface area contributed by atoms with Gasteiger partial charge in [-0.2, -0.15) is 0 Å². The Morgan fingerprint density at radius 1 is 0.889 bits per heavy atom. The largest absolute Gasteiger partial charge is 0.496 e. The number of carbonyl (C=O) groups is 1. The van der Waals surface area contributed by atoms with Gasteiger partial charge >= 0.3 is 0 Å². The van der Waals surface area contributed by atoms with E-state index in [0.717, 1.165) is 11.1 Å². The molecule has 194 valence electrons. The Balaban J connectivity index is 0.00000456. The molecule has 0 saturated heterocycles. The number of amides is 1. The number of rotatable bonds is 12. The SMILES string of the molecule is C.C=CCC(NC(=O)c1ccc(Cc2c(OC)cc(OC)cc2OC)o1)c1ccc(OC)c(OC)c1. The van der Waals surface area contributed by atoms with E-state index in [1.54, 1.807) is 72.0 Å². The van der Waals surface area contributed by atoms with Crippen LogP contribution in [0.1, 0.15) is 47.3 Å². The number of ether oxygens (including phenoxy) is 5. The van der Waals surface area contributed by atoms with Gasteiger partial charge in [0, 0.05) is 24.1 Å². The molecule has 0 bridgehead atoms. The van der Waals surface area contributed by atoms with Crippen molar-refractivity contribution in [2.24, 2.45) is 0 Å². The molecule has 0 aliphatic carbocycles. The van der Waals surface area contributed by atoms with Crippen LogP contribution in [0.3, 0.4) is 0 Å². The summed E-state index contributed by atoms with van der Waals surface area (Å²) in [6.45, 7) is 3.81. The quantitative estimate of drug-likeness (QED) is 0.326. The third-order valence-electron chi connectivity index (χ3n) is 5.57. The minimum Gasteiger partial charge on any atom is -0.496 e. The van der Waals surface area contributed by atoms with E-state index in [4.69, 9.17) is 28.1 Å². The van der Waals surface area contributed by atoms with Crippen LogP contribution in [-0.4, -0.2) is 41.5 Å². The van der Waals surface area contributed by atoms with Gasteiger partial charge < -0.3 is 33.4 Å². The van der Waals surface area contributed by atoms with Crippen LogP contribution in [0.2, 0.25) is 0 Å². The zero-order valence-corrected chi connectivity index (χ0v) is 20.7. The Morgan fingerprint density at radius 2 is 1.53 bits per heavy atom. The third-order valence-corrected chi connectivity index (χ3v) is 5.57. The Hall–Kier alpha value is -4.07. The number of furan rings is 1. The molecule has 0 radical (unpaired) electrons. The van der Waals surface area contributed by atoms with Crippen molar-refractivity contribution in [1.82, 2.24) is 5.32 Å². The van der Waals surface area contributed by atoms with E-state index in [1.165, 1.54) is 0 Å². The lowest BCUT2D eigenvalue weighted by molar-refractivity contribution is 0.0907. The van der Waals surface area contributed by atoms with Crippen molar-refractivity contribution in [1.29, 1.82) is 0 Å². The highest BCUT2D eigenvalue weighted by Gasteiger charge is 2.21. The second-order valence-electron chi connectivity index (χ2n) is 7.62. The van der Waals surface area contributed by atoms with Gasteiger partial charge in [0.15, 0.2) is 17.3 Å². The molecule has 0 fully saturated rings. The molecule has 1 unspecified atom stereocenters. The average Bonchev–Trinajstić information content (AvgIpc) is 3.36. The number of carbonyl (C=O) groups excluding carboxylic acids is 1. The van der Waals surface area contributed by atoms with E-state index in [1.807, 2.05) is 12.1 Å². The third kappa shape index (κ3) is 6.33. The monoisotopic (exact) mass is 497 g/mol. The minimum absolute atomic E-state index is 0. The fourth-order valence-electron chi connectivity index (χ4n) is 3.77. The number of benzene rings is 2. The molecular formula is C28H35NO7. The van der Waals surface area contributed by atoms with Crippen LogP contribution in [0.5, 0.6) is 28.7 Å². The first-order valence-corrected chi connectivity index (χ1v) is 11.0. The van der Waals surface area contributed by atoms with Crippen LogP contribution in [0.15, 0.2) is 59.5 Å². The fourth-order valence-corrected chi connectivity index (χ4v) is 3.77. The molecule has 0 aliphatic heterocycles. The van der Waals surface area contributed by atoms with Crippen LogP contribution < -0.4 is 29.0 Å². The molecule has 1 amide bonds. The van der Waals surface area contributed by atoms with Crippen LogP contribution >= 0.6 is 0 Å². The first-order chi connectivity index (χ1) is 17.0. The van der Waals surface area contributed by atoms with E-state index < -0.39 is 0 Å². The van der Waals surface area contributed by atoms with Crippen molar-refractivity contribution in [2.45, 2.75) is 26.3 Å². The van der Waals surface area contributed by atoms with Crippen molar-refractivity contribution in [3.8, 4) is 28.7 Å². The maximum atomic E-state index is 13.0. The highest BCUT2D eigenvalue weighted by Crippen LogP contribution is 2.36. The highest BCUT2D eigenvalue weighted by atomic mass is 16.5. The number of nitrogens with one attached hydrogen (secondary N) is 1. The summed E-state index contributed by atoms with van der Waals surface area (Å²) in [5, 5.41) is 3.01. The summed E-state index contributed by atoms with van der Waals surface area (Å²) < 4.78 is 32.9. The number of hydrogen-bond donors (Lipinski definition) is 1. The summed E-state index contributed by atoms with van der Waals surface area (Å²) in [5.74, 6) is 3.45. The molecule has 1 aromatic heterocycles. The van der Waals surface area contributed by atoms with E-state index >= 15 is 0 Å². The smallest absolute Gasteiger partial charge is 0.287 e. The van der Waals surface area contributed by atoms with Crippen molar-refractivity contribution >= 4 is 5.91 Å². The zero-order valence-electron chi connectivity index (χ0n) is 20.7. The lowest BCUT2D eigenvalue weighted by Gasteiger charge is -2.19. The van der Waals surface area contributed by atoms with Gasteiger partial charge in [-0.1, -0.05) is 19.6 Å². The summed E-state index contributed by atoms with van der Waals surface area (Å²) in [5.41, 5.74) is 1.64. The van der Waals surface area contributed by atoms with Crippen LogP contribution in [0.4, 0.5) is 0 Å². The summed E-state index contributed by atoms with van der Waals surface area (Å²) >= 11 is 0. The van der Waals surface area contributed by atoms with Gasteiger partial charge in [0.25, 0.3) is 5.91 Å². The maximum absolute atomic E-state index is 13.0. The van der Waals surface area contributed by atoms with Crippen molar-refractivity contribution in [3.63, 3.8) is 0 Å². The lowest BCUT2D eigenvalue weighted by Crippen LogP contribution is -2.28. The van der Waals surface area contributed by atoms with Gasteiger partial charge in [-0.25, -0.2) is 0 Å². The summed E-state index contributed by atoms with van der Waals surface area (Å²) in [4.78, 5) is 13.0. The van der Waals surface area contributed by atoms with Gasteiger partial charge in [0.2, 0.25) is 0 Å². The van der Waals surface area contributed by atoms with Crippen LogP contribution in [0.25, 0.3) is 0 Å². The van der Waals surface area contributed by atoms with Crippen LogP contribution in [0, 0.1) is 0 Å². The normalized spacial score (nSPS) is 11.0. The molecule has 1 heterocycles. The molecular weight excluding hydrogens is 462 g/mol. The molecule has 3 aromatic rings. The standard InChI is InChI=1S/C27H31NO7.CH4/c1-7-8-21(17-9-11-22(31-3)26(13-17)34-6)28-27(29)23-12-10-18(35-23)14-20-24(32-4)15-19(30-2)16-25(20)33-5;/h7,9-13,15-16,21H,1,8,14H2,2-6H3,(H,28,29);1H4. The first-order valence-electron chi connectivity index (χ1n) is 11.0. The summed E-state index contributed by atoms with van der Waals surface area (Å²) in [6.07, 6.45) is 2.64. The number of hydrogen-bond acceptors (Lipinski definition) is 7. The fraction of sp³-hybridized carbons (Fsp3) is 0.321. The molecule has 0 spiro atoms. The van der Waals surface area contributed by atoms with Crippen molar-refractivity contribution in [2.75, 3.05) is 35.5 Å². The van der Waals surface area contributed by atoms with Crippen molar-refractivity contribution in [3.05, 3.63) is 77.8 Å². The summed E-state index contributed by atoms with van der Waals surface area (Å²) in [6, 6.07) is 12.2. The van der Waals surface area contributed by atoms with Crippen LogP contribution in [-0.2, 0) is 6.42 Å². The Labute approximate surface area is 212 Å². The van der Waals surface area contributed by atoms with E-state index in [-0.39, 0.29) is 25.1 Å². The molecule has 1 N–H and O–H groups in total. The molecule has 1 atom stereocenters. The van der Waals surface area contributed by atoms with Crippen molar-refractivity contribution < 1.29 is 32.9 Å². The molecule has 0 saturated carbocycles. The minimum atomic E-state index is -0.341. The maximum Gasteiger partial charge on any atom is 0.287 e. The summed E-state index contributed by atoms with van der Waals surface area (Å²) in [7, 11) is 7.87. The highest BCUT2D eigenvalue weighted by molar-refractivity contribution is 5.91. The molecule has 8 nitrogen and oxygen atoms in total. The molecule has 8 heteroatoms. The predicted octanol–water partition coefficient (Wildman–Crippen LogP) is 5.60. The number of methoxy groups -OCH3 is 5. The van der Waals surface area contributed by atoms with E-state index in [0.29, 0.717) is 47.3 Å². The predicted molar refractivity (Wildman–Crippen MR) is 139 cm³/mol. The molecule has 36 heavy (non-hydrogen) atoms. The molecule has 2 aromatic carbocycles. The zero-order chi connectivity index (χ0) is 25.4. The van der Waals surface area contributed by atoms with Gasteiger partial charge in [-0.3, -0.25) is 4.79 Å². The molecule has 0 aliphatic rings. The van der Waals surface area contributed by atoms with Gasteiger partial charge in [0.05, 0.1) is 41.6 Å². The van der Waals surface area contributed by atoms with E-state index in [9.17, 15) is 4.79 Å². The second kappa shape index (κ2) is 13.1. The molecule has 3 rings (SSSR count). The first kappa shape index (κ1) is 28.2. The average molecular weight is 498 g/mol. The van der Waals surface area contributed by atoms with Gasteiger partial charge in [-0.15, -0.1) is 6.58 Å². The second-order valence-corrected chi connectivity index (χ2v) is 7.62. The lowest BCUT2D eigenvalue weighted by atomic mass is 10.0. The Bertz CT molecular complexity index is 1140. The van der Waals surface area contributed by atoms with E-state index in [2.05, 4.69) is 11.9 Å². The topological polar surface area (TPSA) is 88.4 Å². The van der Waals surface area contributed by atoms with Gasteiger partial charge in [0.1, 0.15) is 23.0 Å². The Morgan fingerprint density at radius 3 is 2.08 bits per heavy atom. The Kier molecular flexibility index (Phi) is 10.3.